The Balaban J connectivity index is 3.22. The van der Waals surface area contributed by atoms with Gasteiger partial charge in [-0.05, 0) is 18.6 Å². The van der Waals surface area contributed by atoms with Crippen molar-refractivity contribution < 1.29 is 23.0 Å². The molecule has 0 atom stereocenters. The van der Waals surface area contributed by atoms with E-state index >= 15 is 0 Å². The fraction of sp³-hybridized carbons (Fsp3) is 0.455. The van der Waals surface area contributed by atoms with E-state index in [1.54, 1.807) is 6.92 Å². The lowest BCUT2D eigenvalue weighted by Gasteiger charge is -2.29. The summed E-state index contributed by atoms with van der Waals surface area (Å²) in [5, 5.41) is 18.1. The number of hydrogen-bond acceptors (Lipinski definition) is 4. The van der Waals surface area contributed by atoms with Crippen molar-refractivity contribution in [2.75, 3.05) is 13.2 Å². The smallest absolute Gasteiger partial charge is 0.244 e. The molecule has 0 aliphatic rings. The van der Waals surface area contributed by atoms with Crippen molar-refractivity contribution in [1.29, 1.82) is 0 Å². The zero-order valence-electron chi connectivity index (χ0n) is 10.2. The zero-order chi connectivity index (χ0) is 14.7. The van der Waals surface area contributed by atoms with Gasteiger partial charge in [-0.25, -0.2) is 17.5 Å². The van der Waals surface area contributed by atoms with Crippen LogP contribution in [0.25, 0.3) is 0 Å². The lowest BCUT2D eigenvalue weighted by molar-refractivity contribution is 0.105. The quantitative estimate of drug-likeness (QED) is 0.728. The van der Waals surface area contributed by atoms with Crippen LogP contribution >= 0.6 is 11.6 Å². The standard InChI is InChI=1S/C11H15ClFNO4S/c1-2-11(6-15,7-16)14-19(17,18)9-5-3-4-8(12)10(9)13/h3-5,14-16H,2,6-7H2,1H3. The van der Waals surface area contributed by atoms with Gasteiger partial charge in [-0.15, -0.1) is 0 Å². The average Bonchev–Trinajstić information content (AvgIpc) is 2.39. The molecule has 0 saturated carbocycles. The molecule has 0 aliphatic heterocycles. The normalized spacial score (nSPS) is 12.7. The van der Waals surface area contributed by atoms with Gasteiger partial charge in [0.15, 0.2) is 5.82 Å². The SMILES string of the molecule is CCC(CO)(CO)NS(=O)(=O)c1cccc(Cl)c1F. The Morgan fingerprint density at radius 3 is 2.42 bits per heavy atom. The molecule has 0 aliphatic carbocycles. The van der Waals surface area contributed by atoms with Crippen molar-refractivity contribution >= 4 is 21.6 Å². The molecule has 0 aromatic heterocycles. The minimum atomic E-state index is -4.24. The number of sulfonamides is 1. The summed E-state index contributed by atoms with van der Waals surface area (Å²) in [6.45, 7) is 0.367. The summed E-state index contributed by atoms with van der Waals surface area (Å²) in [5.74, 6) is -1.07. The second-order valence-electron chi connectivity index (χ2n) is 4.11. The van der Waals surface area contributed by atoms with E-state index in [1.807, 2.05) is 0 Å². The van der Waals surface area contributed by atoms with E-state index in [1.165, 1.54) is 12.1 Å². The van der Waals surface area contributed by atoms with Gasteiger partial charge in [0.1, 0.15) is 4.90 Å². The van der Waals surface area contributed by atoms with Crippen LogP contribution in [0.1, 0.15) is 13.3 Å². The molecular formula is C11H15ClFNO4S. The number of benzene rings is 1. The molecule has 1 aromatic rings. The Hall–Kier alpha value is -0.730. The Morgan fingerprint density at radius 1 is 1.37 bits per heavy atom. The van der Waals surface area contributed by atoms with Crippen LogP contribution < -0.4 is 4.72 Å². The van der Waals surface area contributed by atoms with E-state index in [0.717, 1.165) is 6.07 Å². The van der Waals surface area contributed by atoms with E-state index in [0.29, 0.717) is 0 Å². The van der Waals surface area contributed by atoms with Crippen molar-refractivity contribution in [2.24, 2.45) is 0 Å². The summed E-state index contributed by atoms with van der Waals surface area (Å²) in [6.07, 6.45) is 0.140. The van der Waals surface area contributed by atoms with E-state index in [2.05, 4.69) is 4.72 Å². The number of hydrogen-bond donors (Lipinski definition) is 3. The third kappa shape index (κ3) is 3.43. The maximum absolute atomic E-state index is 13.7. The van der Waals surface area contributed by atoms with Crippen LogP contribution in [0.3, 0.4) is 0 Å². The van der Waals surface area contributed by atoms with Gasteiger partial charge in [0.2, 0.25) is 10.0 Å². The van der Waals surface area contributed by atoms with E-state index in [4.69, 9.17) is 11.6 Å². The molecule has 0 fully saturated rings. The second-order valence-corrected chi connectivity index (χ2v) is 6.17. The van der Waals surface area contributed by atoms with Crippen molar-refractivity contribution in [3.63, 3.8) is 0 Å². The fourth-order valence-corrected chi connectivity index (χ4v) is 3.23. The third-order valence-electron chi connectivity index (χ3n) is 2.84. The summed E-state index contributed by atoms with van der Waals surface area (Å²) < 4.78 is 40.0. The topological polar surface area (TPSA) is 86.6 Å². The molecular weight excluding hydrogens is 297 g/mol. The molecule has 5 nitrogen and oxygen atoms in total. The molecule has 0 spiro atoms. The molecule has 0 saturated heterocycles. The van der Waals surface area contributed by atoms with Crippen LogP contribution in [-0.2, 0) is 10.0 Å². The van der Waals surface area contributed by atoms with E-state index in [-0.39, 0.29) is 11.4 Å². The first-order valence-electron chi connectivity index (χ1n) is 5.51. The highest BCUT2D eigenvalue weighted by molar-refractivity contribution is 7.89. The number of nitrogens with one attached hydrogen (secondary N) is 1. The Morgan fingerprint density at radius 2 is 1.95 bits per heavy atom. The number of aliphatic hydroxyl groups excluding tert-OH is 2. The van der Waals surface area contributed by atoms with Crippen molar-refractivity contribution in [3.8, 4) is 0 Å². The highest BCUT2D eigenvalue weighted by Gasteiger charge is 2.34. The highest BCUT2D eigenvalue weighted by Crippen LogP contribution is 2.23. The minimum Gasteiger partial charge on any atom is -0.394 e. The molecule has 0 unspecified atom stereocenters. The van der Waals surface area contributed by atoms with Crippen LogP contribution in [0, 0.1) is 5.82 Å². The Labute approximate surface area is 116 Å². The maximum Gasteiger partial charge on any atom is 0.244 e. The van der Waals surface area contributed by atoms with Gasteiger partial charge in [-0.3, -0.25) is 0 Å². The summed E-state index contributed by atoms with van der Waals surface area (Å²) in [6, 6.07) is 3.57. The van der Waals surface area contributed by atoms with Crippen molar-refractivity contribution in [1.82, 2.24) is 4.72 Å². The molecule has 3 N–H and O–H groups in total. The largest absolute Gasteiger partial charge is 0.394 e. The van der Waals surface area contributed by atoms with Crippen LogP contribution in [-0.4, -0.2) is 37.4 Å². The van der Waals surface area contributed by atoms with Gasteiger partial charge in [0.05, 0.1) is 23.8 Å². The monoisotopic (exact) mass is 311 g/mol. The van der Waals surface area contributed by atoms with Gasteiger partial charge in [0.25, 0.3) is 0 Å². The molecule has 0 heterocycles. The number of rotatable bonds is 6. The van der Waals surface area contributed by atoms with Crippen LogP contribution in [0.15, 0.2) is 23.1 Å². The number of halogens is 2. The average molecular weight is 312 g/mol. The molecule has 19 heavy (non-hydrogen) atoms. The first-order chi connectivity index (χ1) is 8.82. The van der Waals surface area contributed by atoms with Crippen LogP contribution in [0.5, 0.6) is 0 Å². The predicted octanol–water partition coefficient (Wildman–Crippen LogP) is 0.891. The number of aliphatic hydroxyl groups is 2. The zero-order valence-corrected chi connectivity index (χ0v) is 11.8. The summed E-state index contributed by atoms with van der Waals surface area (Å²) in [7, 11) is -4.24. The van der Waals surface area contributed by atoms with Gasteiger partial charge >= 0.3 is 0 Å². The summed E-state index contributed by atoms with van der Waals surface area (Å²) >= 11 is 5.53. The first kappa shape index (κ1) is 16.3. The molecule has 108 valence electrons. The van der Waals surface area contributed by atoms with E-state index < -0.39 is 39.5 Å². The third-order valence-corrected chi connectivity index (χ3v) is 4.73. The maximum atomic E-state index is 13.7. The van der Waals surface area contributed by atoms with Gasteiger partial charge in [-0.1, -0.05) is 24.6 Å². The van der Waals surface area contributed by atoms with Crippen LogP contribution in [0.2, 0.25) is 5.02 Å². The summed E-state index contributed by atoms with van der Waals surface area (Å²) in [4.78, 5) is -0.625. The Bertz CT molecular complexity index is 537. The molecule has 1 rings (SSSR count). The van der Waals surface area contributed by atoms with Gasteiger partial charge in [-0.2, -0.15) is 0 Å². The van der Waals surface area contributed by atoms with E-state index in [9.17, 15) is 23.0 Å². The predicted molar refractivity (Wildman–Crippen MR) is 68.9 cm³/mol. The first-order valence-corrected chi connectivity index (χ1v) is 7.37. The minimum absolute atomic E-state index is 0.140. The Kier molecular flexibility index (Phi) is 5.28. The van der Waals surface area contributed by atoms with Gasteiger partial charge in [0, 0.05) is 0 Å². The second kappa shape index (κ2) is 6.15. The lowest BCUT2D eigenvalue weighted by Crippen LogP contribution is -2.53. The fourth-order valence-electron chi connectivity index (χ4n) is 1.44. The van der Waals surface area contributed by atoms with Gasteiger partial charge < -0.3 is 10.2 Å². The summed E-state index contributed by atoms with van der Waals surface area (Å²) in [5.41, 5.74) is -1.44. The molecule has 0 amide bonds. The van der Waals surface area contributed by atoms with Crippen molar-refractivity contribution in [3.05, 3.63) is 29.0 Å². The molecule has 0 radical (unpaired) electrons. The molecule has 8 heteroatoms. The van der Waals surface area contributed by atoms with Crippen molar-refractivity contribution in [2.45, 2.75) is 23.8 Å². The van der Waals surface area contributed by atoms with Crippen LogP contribution in [0.4, 0.5) is 4.39 Å². The molecule has 1 aromatic carbocycles. The lowest BCUT2D eigenvalue weighted by atomic mass is 10.0. The molecule has 0 bridgehead atoms. The highest BCUT2D eigenvalue weighted by atomic mass is 35.5.